The molecule has 0 aliphatic rings. The molecule has 3 aromatic carbocycles. The van der Waals surface area contributed by atoms with Crippen molar-refractivity contribution >= 4 is 27.3 Å². The Hall–Kier alpha value is -3.98. The summed E-state index contributed by atoms with van der Waals surface area (Å²) >= 11 is 0. The molecule has 0 aliphatic carbocycles. The third-order valence-corrected chi connectivity index (χ3v) is 5.43. The van der Waals surface area contributed by atoms with Crippen LogP contribution < -0.4 is 10.0 Å². The van der Waals surface area contributed by atoms with E-state index >= 15 is 0 Å². The van der Waals surface area contributed by atoms with E-state index in [-0.39, 0.29) is 22.8 Å². The second-order valence-corrected chi connectivity index (χ2v) is 9.16. The van der Waals surface area contributed by atoms with Gasteiger partial charge in [-0.15, -0.1) is 0 Å². The van der Waals surface area contributed by atoms with Crippen molar-refractivity contribution in [3.63, 3.8) is 0 Å². The first-order valence-corrected chi connectivity index (χ1v) is 11.8. The zero-order valence-corrected chi connectivity index (χ0v) is 18.6. The van der Waals surface area contributed by atoms with Crippen molar-refractivity contribution < 1.29 is 22.0 Å². The fourth-order valence-electron chi connectivity index (χ4n) is 3.26. The normalized spacial score (nSPS) is 11.2. The molecule has 4 aromatic rings. The molecular formula is C24H20FN3O4S. The first-order chi connectivity index (χ1) is 15.7. The second-order valence-electron chi connectivity index (χ2n) is 7.41. The molecule has 0 spiro atoms. The Morgan fingerprint density at radius 1 is 1.00 bits per heavy atom. The zero-order chi connectivity index (χ0) is 23.6. The largest absolute Gasteiger partial charge is 0.436 e. The number of anilines is 2. The maximum Gasteiger partial charge on any atom is 0.256 e. The van der Waals surface area contributed by atoms with Crippen LogP contribution in [0.4, 0.5) is 15.8 Å². The minimum atomic E-state index is -3.47. The van der Waals surface area contributed by atoms with Crippen molar-refractivity contribution in [1.29, 1.82) is 0 Å². The molecular weight excluding hydrogens is 445 g/mol. The average Bonchev–Trinajstić information content (AvgIpc) is 3.25. The fourth-order valence-corrected chi connectivity index (χ4v) is 3.88. The van der Waals surface area contributed by atoms with Crippen LogP contribution >= 0.6 is 0 Å². The molecule has 1 aromatic heterocycles. The molecule has 0 unspecified atom stereocenters. The molecule has 33 heavy (non-hydrogen) atoms. The monoisotopic (exact) mass is 465 g/mol. The fraction of sp³-hybridized carbons (Fsp3) is 0.0833. The number of amides is 1. The van der Waals surface area contributed by atoms with Crippen LogP contribution in [0.1, 0.15) is 15.9 Å². The topological polar surface area (TPSA) is 101 Å². The Bertz CT molecular complexity index is 1450. The summed E-state index contributed by atoms with van der Waals surface area (Å²) in [6, 6.07) is 17.8. The van der Waals surface area contributed by atoms with E-state index in [0.717, 1.165) is 6.26 Å². The highest BCUT2D eigenvalue weighted by Crippen LogP contribution is 2.30. The highest BCUT2D eigenvalue weighted by atomic mass is 32.2. The van der Waals surface area contributed by atoms with Crippen molar-refractivity contribution in [2.24, 2.45) is 0 Å². The summed E-state index contributed by atoms with van der Waals surface area (Å²) in [5.74, 6) is -0.467. The Labute approximate surface area is 190 Å². The number of aryl methyl sites for hydroxylation is 1. The lowest BCUT2D eigenvalue weighted by Gasteiger charge is -2.12. The molecule has 0 atom stereocenters. The number of benzene rings is 3. The van der Waals surface area contributed by atoms with Crippen molar-refractivity contribution in [3.05, 3.63) is 89.9 Å². The maximum absolute atomic E-state index is 14.1. The highest BCUT2D eigenvalue weighted by Gasteiger charge is 2.18. The summed E-state index contributed by atoms with van der Waals surface area (Å²) in [4.78, 5) is 17.3. The van der Waals surface area contributed by atoms with Crippen LogP contribution in [0.25, 0.3) is 22.8 Å². The smallest absolute Gasteiger partial charge is 0.256 e. The van der Waals surface area contributed by atoms with Gasteiger partial charge in [-0.3, -0.25) is 9.52 Å². The molecule has 168 valence electrons. The van der Waals surface area contributed by atoms with Crippen LogP contribution in [0.5, 0.6) is 0 Å². The SMILES string of the molecule is Cc1ccc(NC(=O)c2ccccc2-c2ncc(-c3ccccc3F)o2)cc1NS(C)(=O)=O. The number of aromatic nitrogens is 1. The first-order valence-electron chi connectivity index (χ1n) is 9.91. The molecule has 0 aliphatic heterocycles. The molecule has 7 nitrogen and oxygen atoms in total. The molecule has 2 N–H and O–H groups in total. The molecule has 9 heteroatoms. The number of halogens is 1. The van der Waals surface area contributed by atoms with E-state index in [1.807, 2.05) is 0 Å². The lowest BCUT2D eigenvalue weighted by Crippen LogP contribution is -2.14. The molecule has 1 amide bonds. The molecule has 0 saturated carbocycles. The number of hydrogen-bond donors (Lipinski definition) is 2. The van der Waals surface area contributed by atoms with Gasteiger partial charge in [-0.1, -0.05) is 30.3 Å². The van der Waals surface area contributed by atoms with Gasteiger partial charge in [0.05, 0.1) is 29.3 Å². The van der Waals surface area contributed by atoms with Gasteiger partial charge in [0.15, 0.2) is 5.76 Å². The van der Waals surface area contributed by atoms with E-state index in [1.54, 1.807) is 67.6 Å². The number of oxazole rings is 1. The number of carbonyl (C=O) groups is 1. The van der Waals surface area contributed by atoms with Crippen molar-refractivity contribution in [3.8, 4) is 22.8 Å². The van der Waals surface area contributed by atoms with Crippen LogP contribution in [0.15, 0.2) is 77.3 Å². The van der Waals surface area contributed by atoms with E-state index in [2.05, 4.69) is 15.0 Å². The Kier molecular flexibility index (Phi) is 5.97. The number of rotatable bonds is 6. The average molecular weight is 466 g/mol. The molecule has 0 fully saturated rings. The summed E-state index contributed by atoms with van der Waals surface area (Å²) in [7, 11) is -3.47. The molecule has 0 radical (unpaired) electrons. The minimum absolute atomic E-state index is 0.169. The summed E-state index contributed by atoms with van der Waals surface area (Å²) in [5, 5.41) is 2.77. The van der Waals surface area contributed by atoms with Gasteiger partial charge in [-0.05, 0) is 48.9 Å². The number of nitrogens with one attached hydrogen (secondary N) is 2. The van der Waals surface area contributed by atoms with Crippen LogP contribution in [0.2, 0.25) is 0 Å². The van der Waals surface area contributed by atoms with Gasteiger partial charge in [0.2, 0.25) is 15.9 Å². The number of nitrogens with zero attached hydrogens (tertiary/aromatic N) is 1. The number of carbonyl (C=O) groups excluding carboxylic acids is 1. The van der Waals surface area contributed by atoms with Gasteiger partial charge < -0.3 is 9.73 Å². The van der Waals surface area contributed by atoms with Gasteiger partial charge in [0.25, 0.3) is 5.91 Å². The quantitative estimate of drug-likeness (QED) is 0.414. The van der Waals surface area contributed by atoms with E-state index in [0.29, 0.717) is 22.5 Å². The third-order valence-electron chi connectivity index (χ3n) is 4.84. The van der Waals surface area contributed by atoms with E-state index < -0.39 is 21.7 Å². The Balaban J connectivity index is 1.63. The lowest BCUT2D eigenvalue weighted by atomic mass is 10.1. The zero-order valence-electron chi connectivity index (χ0n) is 17.8. The Morgan fingerprint density at radius 3 is 2.42 bits per heavy atom. The predicted molar refractivity (Wildman–Crippen MR) is 125 cm³/mol. The van der Waals surface area contributed by atoms with E-state index in [4.69, 9.17) is 4.42 Å². The van der Waals surface area contributed by atoms with Crippen LogP contribution in [0.3, 0.4) is 0 Å². The minimum Gasteiger partial charge on any atom is -0.436 e. The highest BCUT2D eigenvalue weighted by molar-refractivity contribution is 7.92. The number of hydrogen-bond acceptors (Lipinski definition) is 5. The second kappa shape index (κ2) is 8.87. The Morgan fingerprint density at radius 2 is 1.70 bits per heavy atom. The summed E-state index contributed by atoms with van der Waals surface area (Å²) < 4.78 is 45.5. The standard InChI is InChI=1S/C24H20FN3O4S/c1-15-11-12-16(13-21(15)28-33(2,30)31)27-23(29)17-7-3-4-8-18(17)24-26-14-22(32-24)19-9-5-6-10-20(19)25/h3-14,28H,1-2H3,(H,27,29). The van der Waals surface area contributed by atoms with Gasteiger partial charge >= 0.3 is 0 Å². The van der Waals surface area contributed by atoms with Gasteiger partial charge in [-0.2, -0.15) is 0 Å². The van der Waals surface area contributed by atoms with Crippen LogP contribution in [-0.2, 0) is 10.0 Å². The van der Waals surface area contributed by atoms with Crippen LogP contribution in [-0.4, -0.2) is 25.6 Å². The lowest BCUT2D eigenvalue weighted by molar-refractivity contribution is 0.102. The predicted octanol–water partition coefficient (Wildman–Crippen LogP) is 5.08. The van der Waals surface area contributed by atoms with Crippen molar-refractivity contribution in [1.82, 2.24) is 4.98 Å². The van der Waals surface area contributed by atoms with Crippen LogP contribution in [0, 0.1) is 12.7 Å². The molecule has 1 heterocycles. The number of sulfonamides is 1. The third kappa shape index (κ3) is 5.09. The molecule has 4 rings (SSSR count). The summed E-state index contributed by atoms with van der Waals surface area (Å²) in [6.45, 7) is 1.75. The first kappa shape index (κ1) is 22.2. The van der Waals surface area contributed by atoms with E-state index in [9.17, 15) is 17.6 Å². The molecule has 0 bridgehead atoms. The van der Waals surface area contributed by atoms with Crippen molar-refractivity contribution in [2.75, 3.05) is 16.3 Å². The van der Waals surface area contributed by atoms with Gasteiger partial charge in [-0.25, -0.2) is 17.8 Å². The van der Waals surface area contributed by atoms with E-state index in [1.165, 1.54) is 12.3 Å². The summed E-state index contributed by atoms with van der Waals surface area (Å²) in [5.41, 5.74) is 2.47. The van der Waals surface area contributed by atoms with Gasteiger partial charge in [0, 0.05) is 11.3 Å². The summed E-state index contributed by atoms with van der Waals surface area (Å²) in [6.07, 6.45) is 2.46. The van der Waals surface area contributed by atoms with Crippen molar-refractivity contribution in [2.45, 2.75) is 6.92 Å². The van der Waals surface area contributed by atoms with Gasteiger partial charge in [0.1, 0.15) is 5.82 Å². The molecule has 0 saturated heterocycles. The maximum atomic E-state index is 14.1.